The van der Waals surface area contributed by atoms with E-state index >= 15 is 0 Å². The fraction of sp³-hybridized carbons (Fsp3) is 0.538. The summed E-state index contributed by atoms with van der Waals surface area (Å²) in [7, 11) is 0. The number of benzene rings is 1. The van der Waals surface area contributed by atoms with Gasteiger partial charge in [-0.3, -0.25) is 10.1 Å². The molecular formula is C13H15BrFNO4S. The molecule has 2 rings (SSSR count). The molecule has 0 radical (unpaired) electrons. The predicted octanol–water partition coefficient (Wildman–Crippen LogP) is 3.60. The van der Waals surface area contributed by atoms with Crippen molar-refractivity contribution in [1.29, 1.82) is 0 Å². The minimum Gasteiger partial charge on any atom is -0.485 e. The highest BCUT2D eigenvalue weighted by Gasteiger charge is 2.33. The fourth-order valence-electron chi connectivity index (χ4n) is 2.20. The first kappa shape index (κ1) is 16.5. The van der Waals surface area contributed by atoms with E-state index in [9.17, 15) is 14.5 Å². The minimum absolute atomic E-state index is 0.0500. The van der Waals surface area contributed by atoms with Gasteiger partial charge in [0.15, 0.2) is 0 Å². The monoisotopic (exact) mass is 379 g/mol. The zero-order valence-corrected chi connectivity index (χ0v) is 13.7. The van der Waals surface area contributed by atoms with Crippen LogP contribution >= 0.6 is 28.6 Å². The highest BCUT2D eigenvalue weighted by molar-refractivity contribution is 9.10. The van der Waals surface area contributed by atoms with Crippen LogP contribution in [0.3, 0.4) is 0 Å². The second-order valence-electron chi connectivity index (χ2n) is 5.05. The smallest absolute Gasteiger partial charge is 0.315 e. The molecular weight excluding hydrogens is 365 g/mol. The summed E-state index contributed by atoms with van der Waals surface area (Å²) in [5.41, 5.74) is -0.563. The minimum atomic E-state index is -0.684. The van der Waals surface area contributed by atoms with Gasteiger partial charge in [0.05, 0.1) is 22.1 Å². The Hall–Kier alpha value is -0.860. The molecule has 1 aromatic rings. The maximum atomic E-state index is 13.3. The lowest BCUT2D eigenvalue weighted by Gasteiger charge is -2.35. The summed E-state index contributed by atoms with van der Waals surface area (Å²) in [5.74, 6) is -0.0341. The van der Waals surface area contributed by atoms with E-state index in [4.69, 9.17) is 9.47 Å². The topological polar surface area (TPSA) is 61.6 Å². The molecule has 0 aliphatic carbocycles. The van der Waals surface area contributed by atoms with E-state index in [2.05, 4.69) is 28.6 Å². The Balaban J connectivity index is 2.21. The Labute approximate surface area is 135 Å². The van der Waals surface area contributed by atoms with Crippen LogP contribution in [-0.2, 0) is 4.74 Å². The van der Waals surface area contributed by atoms with Crippen molar-refractivity contribution in [3.05, 3.63) is 32.5 Å². The number of nitrogens with zero attached hydrogens (tertiary/aromatic N) is 1. The van der Waals surface area contributed by atoms with Gasteiger partial charge in [0.2, 0.25) is 5.75 Å². The van der Waals surface area contributed by atoms with Crippen LogP contribution < -0.4 is 4.74 Å². The Bertz CT molecular complexity index is 537. The highest BCUT2D eigenvalue weighted by Crippen LogP contribution is 2.39. The number of hydrogen-bond acceptors (Lipinski definition) is 5. The number of halogens is 2. The molecule has 5 nitrogen and oxygen atoms in total. The lowest BCUT2D eigenvalue weighted by Crippen LogP contribution is -2.37. The number of thiol groups is 1. The molecule has 0 bridgehead atoms. The van der Waals surface area contributed by atoms with Crippen molar-refractivity contribution in [2.24, 2.45) is 5.41 Å². The van der Waals surface area contributed by atoms with E-state index in [-0.39, 0.29) is 27.9 Å². The predicted molar refractivity (Wildman–Crippen MR) is 82.6 cm³/mol. The molecule has 1 saturated heterocycles. The van der Waals surface area contributed by atoms with Crippen molar-refractivity contribution < 1.29 is 18.8 Å². The summed E-state index contributed by atoms with van der Waals surface area (Å²) in [5, 5.41) is 11.0. The number of nitro groups is 1. The SMILES string of the molecule is O=[N+]([O-])c1cc(F)cc(Br)c1OCC1(CS)CCOCC1. The second kappa shape index (κ2) is 6.93. The lowest BCUT2D eigenvalue weighted by atomic mass is 9.83. The maximum absolute atomic E-state index is 13.3. The molecule has 1 fully saturated rings. The van der Waals surface area contributed by atoms with E-state index in [1.54, 1.807) is 0 Å². The van der Waals surface area contributed by atoms with Crippen LogP contribution in [0.2, 0.25) is 0 Å². The normalized spacial score (nSPS) is 17.5. The van der Waals surface area contributed by atoms with Crippen molar-refractivity contribution in [1.82, 2.24) is 0 Å². The average molecular weight is 380 g/mol. The zero-order chi connectivity index (χ0) is 15.5. The molecule has 0 N–H and O–H groups in total. The highest BCUT2D eigenvalue weighted by atomic mass is 79.9. The zero-order valence-electron chi connectivity index (χ0n) is 11.2. The summed E-state index contributed by atoms with van der Waals surface area (Å²) < 4.78 is 24.5. The van der Waals surface area contributed by atoms with Crippen molar-refractivity contribution >= 4 is 34.2 Å². The Morgan fingerprint density at radius 1 is 1.48 bits per heavy atom. The van der Waals surface area contributed by atoms with E-state index in [0.29, 0.717) is 19.0 Å². The summed E-state index contributed by atoms with van der Waals surface area (Å²) in [6, 6.07) is 2.01. The van der Waals surface area contributed by atoms with Gasteiger partial charge in [-0.2, -0.15) is 12.6 Å². The van der Waals surface area contributed by atoms with E-state index in [0.717, 1.165) is 25.0 Å². The van der Waals surface area contributed by atoms with Gasteiger partial charge in [0.1, 0.15) is 5.82 Å². The Morgan fingerprint density at radius 3 is 2.71 bits per heavy atom. The largest absolute Gasteiger partial charge is 0.485 e. The molecule has 0 amide bonds. The summed E-state index contributed by atoms with van der Waals surface area (Å²) >= 11 is 7.48. The van der Waals surface area contributed by atoms with Gasteiger partial charge < -0.3 is 9.47 Å². The number of ether oxygens (including phenoxy) is 2. The Morgan fingerprint density at radius 2 is 2.14 bits per heavy atom. The third-order valence-corrected chi connectivity index (χ3v) is 4.86. The van der Waals surface area contributed by atoms with Crippen LogP contribution in [0.4, 0.5) is 10.1 Å². The van der Waals surface area contributed by atoms with Crippen molar-refractivity contribution in [2.75, 3.05) is 25.6 Å². The number of hydrogen-bond donors (Lipinski definition) is 1. The first-order valence-corrected chi connectivity index (χ1v) is 7.85. The van der Waals surface area contributed by atoms with Crippen LogP contribution in [0.5, 0.6) is 5.75 Å². The average Bonchev–Trinajstić information content (AvgIpc) is 2.46. The Kier molecular flexibility index (Phi) is 5.45. The summed E-state index contributed by atoms with van der Waals surface area (Å²) in [6.07, 6.45) is 1.56. The van der Waals surface area contributed by atoms with Gasteiger partial charge in [-0.25, -0.2) is 4.39 Å². The van der Waals surface area contributed by atoms with E-state index < -0.39 is 10.7 Å². The van der Waals surface area contributed by atoms with Crippen LogP contribution in [0.15, 0.2) is 16.6 Å². The molecule has 0 spiro atoms. The van der Waals surface area contributed by atoms with Crippen molar-refractivity contribution in [3.8, 4) is 5.75 Å². The standard InChI is InChI=1S/C13H15BrFNO4S/c14-10-5-9(15)6-11(16(17)18)12(10)20-7-13(8-21)1-3-19-4-2-13/h5-6,21H,1-4,7-8H2. The van der Waals surface area contributed by atoms with Crippen LogP contribution in [0, 0.1) is 21.3 Å². The molecule has 0 aromatic heterocycles. The summed E-state index contributed by atoms with van der Waals surface area (Å²) in [6.45, 7) is 1.53. The molecule has 1 aromatic carbocycles. The van der Waals surface area contributed by atoms with Gasteiger partial charge in [-0.1, -0.05) is 0 Å². The third kappa shape index (κ3) is 3.87. The van der Waals surface area contributed by atoms with Gasteiger partial charge in [-0.05, 0) is 40.6 Å². The summed E-state index contributed by atoms with van der Waals surface area (Å²) in [4.78, 5) is 10.4. The van der Waals surface area contributed by atoms with Crippen molar-refractivity contribution in [3.63, 3.8) is 0 Å². The molecule has 1 aliphatic rings. The van der Waals surface area contributed by atoms with Gasteiger partial charge in [-0.15, -0.1) is 0 Å². The molecule has 8 heteroatoms. The van der Waals surface area contributed by atoms with Crippen LogP contribution in [0.25, 0.3) is 0 Å². The number of rotatable bonds is 5. The van der Waals surface area contributed by atoms with Gasteiger partial charge >= 0.3 is 5.69 Å². The number of nitro benzene ring substituents is 1. The quantitative estimate of drug-likeness (QED) is 0.482. The fourth-order valence-corrected chi connectivity index (χ4v) is 3.15. The molecule has 0 saturated carbocycles. The van der Waals surface area contributed by atoms with E-state index in [1.165, 1.54) is 0 Å². The first-order chi connectivity index (χ1) is 9.97. The van der Waals surface area contributed by atoms with Gasteiger partial charge in [0, 0.05) is 18.6 Å². The first-order valence-electron chi connectivity index (χ1n) is 6.42. The van der Waals surface area contributed by atoms with E-state index in [1.807, 2.05) is 0 Å². The van der Waals surface area contributed by atoms with Crippen LogP contribution in [-0.4, -0.2) is 30.5 Å². The van der Waals surface area contributed by atoms with Gasteiger partial charge in [0.25, 0.3) is 0 Å². The molecule has 116 valence electrons. The molecule has 1 aliphatic heterocycles. The molecule has 21 heavy (non-hydrogen) atoms. The molecule has 1 heterocycles. The molecule has 0 atom stereocenters. The van der Waals surface area contributed by atoms with Crippen molar-refractivity contribution in [2.45, 2.75) is 12.8 Å². The maximum Gasteiger partial charge on any atom is 0.315 e. The second-order valence-corrected chi connectivity index (χ2v) is 6.22. The lowest BCUT2D eigenvalue weighted by molar-refractivity contribution is -0.386. The van der Waals surface area contributed by atoms with Crippen LogP contribution in [0.1, 0.15) is 12.8 Å². The third-order valence-electron chi connectivity index (χ3n) is 3.60. The molecule has 0 unspecified atom stereocenters.